The monoisotopic (exact) mass is 240 g/mol. The number of aromatic nitrogens is 3. The molecule has 0 atom stereocenters. The Hall–Kier alpha value is -1.01. The summed E-state index contributed by atoms with van der Waals surface area (Å²) in [4.78, 5) is 5.18. The summed E-state index contributed by atoms with van der Waals surface area (Å²) in [5.74, 6) is 0.670. The molecule has 15 heavy (non-hydrogen) atoms. The molecule has 0 aromatic carbocycles. The fourth-order valence-corrected chi connectivity index (χ4v) is 2.59. The van der Waals surface area contributed by atoms with Crippen LogP contribution in [0.15, 0.2) is 22.7 Å². The molecule has 0 saturated heterocycles. The summed E-state index contributed by atoms with van der Waals surface area (Å²) in [6, 6.07) is 0. The predicted octanol–water partition coefficient (Wildman–Crippen LogP) is 2.41. The third kappa shape index (κ3) is 2.15. The summed E-state index contributed by atoms with van der Waals surface area (Å²) in [5.41, 5.74) is 5.99. The van der Waals surface area contributed by atoms with Gasteiger partial charge in [-0.3, -0.25) is 0 Å². The Balaban J connectivity index is 2.32. The van der Waals surface area contributed by atoms with Gasteiger partial charge >= 0.3 is 0 Å². The minimum Gasteiger partial charge on any atom is -0.383 e. The van der Waals surface area contributed by atoms with Crippen molar-refractivity contribution in [3.05, 3.63) is 17.8 Å². The summed E-state index contributed by atoms with van der Waals surface area (Å²) in [7, 11) is 0. The lowest BCUT2D eigenvalue weighted by atomic mass is 10.6. The summed E-state index contributed by atoms with van der Waals surface area (Å²) in [6.07, 6.45) is 3.54. The first-order valence-corrected chi connectivity index (χ1v) is 6.34. The molecule has 2 N–H and O–H groups in total. The van der Waals surface area contributed by atoms with Gasteiger partial charge in [0, 0.05) is 16.8 Å². The van der Waals surface area contributed by atoms with Crippen LogP contribution in [-0.4, -0.2) is 20.0 Å². The number of nitrogens with zero attached hydrogens (tertiary/aromatic N) is 3. The van der Waals surface area contributed by atoms with Crippen molar-refractivity contribution in [3.63, 3.8) is 0 Å². The van der Waals surface area contributed by atoms with E-state index < -0.39 is 0 Å². The van der Waals surface area contributed by atoms with Gasteiger partial charge in [0.05, 0.1) is 11.1 Å². The molecular weight excluding hydrogens is 228 g/mol. The van der Waals surface area contributed by atoms with Crippen LogP contribution in [0.1, 0.15) is 13.8 Å². The first-order chi connectivity index (χ1) is 7.18. The van der Waals surface area contributed by atoms with Crippen LogP contribution in [0.4, 0.5) is 5.82 Å². The highest BCUT2D eigenvalue weighted by Gasteiger charge is 2.11. The molecule has 4 nitrogen and oxygen atoms in total. The van der Waals surface area contributed by atoms with Crippen molar-refractivity contribution in [2.75, 3.05) is 5.73 Å². The summed E-state index contributed by atoms with van der Waals surface area (Å²) in [5, 5.41) is 7.45. The molecule has 2 aromatic heterocycles. The van der Waals surface area contributed by atoms with E-state index in [9.17, 15) is 0 Å². The van der Waals surface area contributed by atoms with Crippen molar-refractivity contribution in [2.24, 2.45) is 0 Å². The maximum Gasteiger partial charge on any atom is 0.212 e. The molecule has 6 heteroatoms. The maximum absolute atomic E-state index is 5.99. The van der Waals surface area contributed by atoms with E-state index in [0.717, 1.165) is 10.0 Å². The Bertz CT molecular complexity index is 433. The predicted molar refractivity (Wildman–Crippen MR) is 64.6 cm³/mol. The minimum atomic E-state index is 0.501. The normalized spacial score (nSPS) is 11.1. The average Bonchev–Trinajstić information content (AvgIpc) is 2.76. The van der Waals surface area contributed by atoms with E-state index in [1.165, 1.54) is 11.3 Å². The zero-order valence-corrected chi connectivity index (χ0v) is 10.2. The highest BCUT2D eigenvalue weighted by molar-refractivity contribution is 8.00. The summed E-state index contributed by atoms with van der Waals surface area (Å²) < 4.78 is 1.68. The SMILES string of the molecule is CC(C)Sc1cnn(-c2nccs2)c1N. The number of hydrogen-bond donors (Lipinski definition) is 1. The van der Waals surface area contributed by atoms with E-state index in [1.807, 2.05) is 5.38 Å². The number of rotatable bonds is 3. The van der Waals surface area contributed by atoms with E-state index in [1.54, 1.807) is 28.8 Å². The quantitative estimate of drug-likeness (QED) is 0.837. The van der Waals surface area contributed by atoms with Crippen LogP contribution in [-0.2, 0) is 0 Å². The first kappa shape index (κ1) is 10.5. The van der Waals surface area contributed by atoms with Crippen molar-refractivity contribution in [3.8, 4) is 5.13 Å². The second kappa shape index (κ2) is 4.24. The topological polar surface area (TPSA) is 56.7 Å². The second-order valence-corrected chi connectivity index (χ2v) is 5.78. The number of thioether (sulfide) groups is 1. The molecule has 0 saturated carbocycles. The van der Waals surface area contributed by atoms with Gasteiger partial charge in [-0.05, 0) is 0 Å². The average molecular weight is 240 g/mol. The second-order valence-electron chi connectivity index (χ2n) is 3.29. The van der Waals surface area contributed by atoms with Crippen molar-refractivity contribution in [1.82, 2.24) is 14.8 Å². The summed E-state index contributed by atoms with van der Waals surface area (Å²) in [6.45, 7) is 4.26. The van der Waals surface area contributed by atoms with E-state index >= 15 is 0 Å². The number of nitrogen functional groups attached to an aromatic ring is 1. The van der Waals surface area contributed by atoms with Crippen LogP contribution in [0, 0.1) is 0 Å². The van der Waals surface area contributed by atoms with Crippen LogP contribution in [0.3, 0.4) is 0 Å². The van der Waals surface area contributed by atoms with Gasteiger partial charge in [-0.1, -0.05) is 13.8 Å². The van der Waals surface area contributed by atoms with Gasteiger partial charge in [0.2, 0.25) is 5.13 Å². The Labute approximate surface area is 96.5 Å². The Morgan fingerprint density at radius 2 is 2.33 bits per heavy atom. The standard InChI is InChI=1S/C9H12N4S2/c1-6(2)15-7-5-12-13(8(7)10)9-11-3-4-14-9/h3-6H,10H2,1-2H3. The fourth-order valence-electron chi connectivity index (χ4n) is 1.16. The van der Waals surface area contributed by atoms with Crippen LogP contribution >= 0.6 is 23.1 Å². The van der Waals surface area contributed by atoms with Gasteiger partial charge in [-0.15, -0.1) is 23.1 Å². The van der Waals surface area contributed by atoms with E-state index in [0.29, 0.717) is 11.1 Å². The zero-order valence-electron chi connectivity index (χ0n) is 8.54. The van der Waals surface area contributed by atoms with E-state index in [-0.39, 0.29) is 0 Å². The first-order valence-electron chi connectivity index (χ1n) is 4.58. The van der Waals surface area contributed by atoms with Crippen LogP contribution in [0.5, 0.6) is 0 Å². The smallest absolute Gasteiger partial charge is 0.212 e. The molecule has 0 fully saturated rings. The van der Waals surface area contributed by atoms with Crippen LogP contribution < -0.4 is 5.73 Å². The molecule has 0 amide bonds. The molecule has 0 aliphatic heterocycles. The molecular formula is C9H12N4S2. The highest BCUT2D eigenvalue weighted by atomic mass is 32.2. The largest absolute Gasteiger partial charge is 0.383 e. The molecule has 0 spiro atoms. The molecule has 0 unspecified atom stereocenters. The molecule has 2 aromatic rings. The maximum atomic E-state index is 5.99. The molecule has 0 radical (unpaired) electrons. The molecule has 2 rings (SSSR count). The third-order valence-corrected chi connectivity index (χ3v) is 3.52. The Morgan fingerprint density at radius 1 is 1.53 bits per heavy atom. The molecule has 80 valence electrons. The number of anilines is 1. The lowest BCUT2D eigenvalue weighted by Gasteiger charge is -2.03. The minimum absolute atomic E-state index is 0.501. The van der Waals surface area contributed by atoms with Gasteiger partial charge < -0.3 is 5.73 Å². The van der Waals surface area contributed by atoms with E-state index in [2.05, 4.69) is 23.9 Å². The molecule has 0 aliphatic rings. The molecule has 0 bridgehead atoms. The number of nitrogens with two attached hydrogens (primary N) is 1. The van der Waals surface area contributed by atoms with Crippen molar-refractivity contribution >= 4 is 28.9 Å². The van der Waals surface area contributed by atoms with Crippen molar-refractivity contribution in [2.45, 2.75) is 24.0 Å². The van der Waals surface area contributed by atoms with Gasteiger partial charge in [0.15, 0.2) is 0 Å². The third-order valence-electron chi connectivity index (χ3n) is 1.73. The van der Waals surface area contributed by atoms with Crippen LogP contribution in [0.25, 0.3) is 5.13 Å². The highest BCUT2D eigenvalue weighted by Crippen LogP contribution is 2.29. The lowest BCUT2D eigenvalue weighted by molar-refractivity contribution is 0.880. The lowest BCUT2D eigenvalue weighted by Crippen LogP contribution is -2.01. The van der Waals surface area contributed by atoms with Crippen molar-refractivity contribution < 1.29 is 0 Å². The number of thiazole rings is 1. The molecule has 2 heterocycles. The van der Waals surface area contributed by atoms with Gasteiger partial charge in [-0.25, -0.2) is 4.98 Å². The van der Waals surface area contributed by atoms with Gasteiger partial charge in [0.1, 0.15) is 5.82 Å². The molecule has 0 aliphatic carbocycles. The summed E-state index contributed by atoms with van der Waals surface area (Å²) >= 11 is 3.23. The van der Waals surface area contributed by atoms with Crippen LogP contribution in [0.2, 0.25) is 0 Å². The van der Waals surface area contributed by atoms with Gasteiger partial charge in [-0.2, -0.15) is 9.78 Å². The van der Waals surface area contributed by atoms with Gasteiger partial charge in [0.25, 0.3) is 0 Å². The fraction of sp³-hybridized carbons (Fsp3) is 0.333. The Morgan fingerprint density at radius 3 is 2.93 bits per heavy atom. The number of hydrogen-bond acceptors (Lipinski definition) is 5. The Kier molecular flexibility index (Phi) is 2.97. The van der Waals surface area contributed by atoms with E-state index in [4.69, 9.17) is 5.73 Å². The zero-order chi connectivity index (χ0) is 10.8. The van der Waals surface area contributed by atoms with Crippen molar-refractivity contribution in [1.29, 1.82) is 0 Å².